The van der Waals surface area contributed by atoms with Crippen LogP contribution in [-0.2, 0) is 0 Å². The van der Waals surface area contributed by atoms with Crippen molar-refractivity contribution in [3.63, 3.8) is 0 Å². The van der Waals surface area contributed by atoms with Crippen LogP contribution in [0.5, 0.6) is 0 Å². The highest BCUT2D eigenvalue weighted by atomic mass is 32.1. The normalized spacial score (nSPS) is 12.3. The summed E-state index contributed by atoms with van der Waals surface area (Å²) in [5.41, 5.74) is 0. The molecule has 0 unspecified atom stereocenters. The van der Waals surface area contributed by atoms with Gasteiger partial charge < -0.3 is 0 Å². The summed E-state index contributed by atoms with van der Waals surface area (Å²) in [6.45, 7) is 0. The van der Waals surface area contributed by atoms with Gasteiger partial charge in [0, 0.05) is 20.2 Å². The molecule has 0 nitrogen and oxygen atoms in total. The first-order valence-electron chi connectivity index (χ1n) is 26.1. The molecule has 0 aliphatic heterocycles. The lowest BCUT2D eigenvalue weighted by Crippen LogP contribution is -2.74. The van der Waals surface area contributed by atoms with Crippen LogP contribution in [0.2, 0.25) is 0 Å². The minimum atomic E-state index is -3.02. The molecular formula is C72H48SSi2. The summed E-state index contributed by atoms with van der Waals surface area (Å²) in [6.07, 6.45) is 0. The maximum Gasteiger partial charge on any atom is 0.181 e. The molecule has 15 aromatic rings. The average Bonchev–Trinajstić information content (AvgIpc) is 3.95. The number of thiophene rings is 1. The summed E-state index contributed by atoms with van der Waals surface area (Å²) in [6, 6.07) is 111. The molecule has 350 valence electrons. The summed E-state index contributed by atoms with van der Waals surface area (Å²) in [7, 11) is -6.00. The lowest BCUT2D eigenvalue weighted by molar-refractivity contribution is 1.69. The SMILES string of the molecule is c1ccc([Si](c2ccccc2)(c2ccc3c4ccccc4c4ccccc4c3c2)c2ccc3c4ccc([Si](c5ccccc5)(c5ccccc5)c5cccc6c5sc5ccccc56)cc4c4ccccc4c3c2)cc1. The number of hydrogen-bond donors (Lipinski definition) is 0. The summed E-state index contributed by atoms with van der Waals surface area (Å²) in [5.74, 6) is 0. The molecule has 0 radical (unpaired) electrons. The van der Waals surface area contributed by atoms with Crippen molar-refractivity contribution in [3.05, 3.63) is 291 Å². The summed E-state index contributed by atoms with van der Waals surface area (Å²) >= 11 is 1.94. The van der Waals surface area contributed by atoms with Crippen molar-refractivity contribution in [3.8, 4) is 0 Å². The minimum absolute atomic E-state index is 1.28. The second-order valence-corrected chi connectivity index (χ2v) is 28.8. The van der Waals surface area contributed by atoms with Gasteiger partial charge in [-0.1, -0.05) is 285 Å². The number of benzene rings is 14. The molecule has 0 bridgehead atoms. The van der Waals surface area contributed by atoms with Gasteiger partial charge in [0.2, 0.25) is 0 Å². The van der Waals surface area contributed by atoms with Crippen molar-refractivity contribution in [1.29, 1.82) is 0 Å². The van der Waals surface area contributed by atoms with Gasteiger partial charge in [0.15, 0.2) is 16.1 Å². The molecule has 0 aliphatic rings. The van der Waals surface area contributed by atoms with Crippen molar-refractivity contribution in [2.24, 2.45) is 0 Å². The Hall–Kier alpha value is -8.71. The third kappa shape index (κ3) is 6.52. The molecule has 0 fully saturated rings. The van der Waals surface area contributed by atoms with Gasteiger partial charge in [-0.2, -0.15) is 0 Å². The number of rotatable bonds is 8. The first kappa shape index (κ1) is 43.8. The summed E-state index contributed by atoms with van der Waals surface area (Å²) in [5, 5.41) is 29.2. The molecule has 0 aliphatic carbocycles. The molecule has 0 atom stereocenters. The first-order valence-corrected chi connectivity index (χ1v) is 30.9. The van der Waals surface area contributed by atoms with Crippen LogP contribution in [0.25, 0.3) is 84.8 Å². The molecule has 0 N–H and O–H groups in total. The first-order chi connectivity index (χ1) is 37.2. The van der Waals surface area contributed by atoms with E-state index in [1.807, 2.05) is 11.3 Å². The van der Waals surface area contributed by atoms with Crippen molar-refractivity contribution < 1.29 is 0 Å². The van der Waals surface area contributed by atoms with Crippen LogP contribution in [0.4, 0.5) is 0 Å². The van der Waals surface area contributed by atoms with E-state index in [4.69, 9.17) is 0 Å². The summed E-state index contributed by atoms with van der Waals surface area (Å²) < 4.78 is 2.71. The molecule has 14 aromatic carbocycles. The van der Waals surface area contributed by atoms with Gasteiger partial charge in [0.1, 0.15) is 0 Å². The molecule has 1 aromatic heterocycles. The third-order valence-electron chi connectivity index (χ3n) is 16.5. The Morgan fingerprint density at radius 3 is 0.880 bits per heavy atom. The van der Waals surface area contributed by atoms with Crippen LogP contribution in [-0.4, -0.2) is 16.1 Å². The average molecular weight is 1000 g/mol. The van der Waals surface area contributed by atoms with E-state index >= 15 is 0 Å². The zero-order valence-electron chi connectivity index (χ0n) is 41.1. The molecule has 0 amide bonds. The van der Waals surface area contributed by atoms with Gasteiger partial charge in [-0.25, -0.2) is 0 Å². The Labute approximate surface area is 442 Å². The van der Waals surface area contributed by atoms with Crippen LogP contribution in [0.3, 0.4) is 0 Å². The topological polar surface area (TPSA) is 0 Å². The van der Waals surface area contributed by atoms with E-state index < -0.39 is 16.1 Å². The fourth-order valence-corrected chi connectivity index (χ4v) is 24.7. The lowest BCUT2D eigenvalue weighted by Gasteiger charge is -2.35. The number of fused-ring (bicyclic) bond motifs is 15. The lowest BCUT2D eigenvalue weighted by atomic mass is 9.94. The van der Waals surface area contributed by atoms with Gasteiger partial charge in [-0.3, -0.25) is 0 Å². The monoisotopic (exact) mass is 1000 g/mol. The van der Waals surface area contributed by atoms with Crippen molar-refractivity contribution in [1.82, 2.24) is 0 Å². The smallest absolute Gasteiger partial charge is 0.135 e. The second-order valence-electron chi connectivity index (χ2n) is 20.2. The predicted molar refractivity (Wildman–Crippen MR) is 332 cm³/mol. The van der Waals surface area contributed by atoms with Gasteiger partial charge >= 0.3 is 0 Å². The Bertz CT molecular complexity index is 4570. The maximum atomic E-state index is 2.60. The fourth-order valence-electron chi connectivity index (χ4n) is 13.3. The quantitative estimate of drug-likeness (QED) is 0.0808. The maximum absolute atomic E-state index is 3.02. The Morgan fingerprint density at radius 2 is 0.480 bits per heavy atom. The molecule has 0 saturated heterocycles. The van der Waals surface area contributed by atoms with E-state index in [2.05, 4.69) is 291 Å². The van der Waals surface area contributed by atoms with E-state index in [1.165, 1.54) is 126 Å². The highest BCUT2D eigenvalue weighted by Crippen LogP contribution is 2.38. The van der Waals surface area contributed by atoms with E-state index in [9.17, 15) is 0 Å². The van der Waals surface area contributed by atoms with E-state index in [1.54, 1.807) is 0 Å². The Kier molecular flexibility index (Phi) is 10.2. The van der Waals surface area contributed by atoms with Crippen LogP contribution in [0.1, 0.15) is 0 Å². The van der Waals surface area contributed by atoms with Crippen LogP contribution < -0.4 is 41.5 Å². The molecular weight excluding hydrogens is 953 g/mol. The third-order valence-corrected chi connectivity index (χ3v) is 27.5. The predicted octanol–water partition coefficient (Wildman–Crippen LogP) is 13.7. The van der Waals surface area contributed by atoms with Gasteiger partial charge in [-0.05, 0) is 112 Å². The minimum Gasteiger partial charge on any atom is -0.135 e. The largest absolute Gasteiger partial charge is 0.181 e. The van der Waals surface area contributed by atoms with E-state index in [-0.39, 0.29) is 0 Å². The molecule has 75 heavy (non-hydrogen) atoms. The van der Waals surface area contributed by atoms with Gasteiger partial charge in [0.05, 0.1) is 0 Å². The van der Waals surface area contributed by atoms with Crippen LogP contribution >= 0.6 is 11.3 Å². The van der Waals surface area contributed by atoms with Crippen molar-refractivity contribution in [2.75, 3.05) is 0 Å². The summed E-state index contributed by atoms with van der Waals surface area (Å²) in [4.78, 5) is 0. The molecule has 0 spiro atoms. The van der Waals surface area contributed by atoms with Crippen LogP contribution in [0, 0.1) is 0 Å². The van der Waals surface area contributed by atoms with Crippen LogP contribution in [0.15, 0.2) is 291 Å². The van der Waals surface area contributed by atoms with Crippen molar-refractivity contribution in [2.45, 2.75) is 0 Å². The number of hydrogen-bond acceptors (Lipinski definition) is 1. The molecule has 0 saturated carbocycles. The molecule has 15 rings (SSSR count). The standard InChI is InChI=1S/C72H48SSi2/c1-5-22-49(23-6-1)74(50-24-7-2-8-25-50,53-40-43-62-58-32-14-13-30-56(58)57-31-15-16-33-59(57)67(62)46-53)54-41-44-63-64-45-42-55(48-69(64)61-35-18-17-34-60(61)68(63)47-54)75(51-26-9-3-10-27-51,52-28-11-4-12-29-52)71-39-21-37-66-65-36-19-20-38-70(65)73-72(66)71/h1-48H. The van der Waals surface area contributed by atoms with Gasteiger partial charge in [0.25, 0.3) is 0 Å². The zero-order valence-corrected chi connectivity index (χ0v) is 43.9. The fraction of sp³-hybridized carbons (Fsp3) is 0. The van der Waals surface area contributed by atoms with E-state index in [0.717, 1.165) is 0 Å². The molecule has 1 heterocycles. The highest BCUT2D eigenvalue weighted by Gasteiger charge is 2.44. The zero-order chi connectivity index (χ0) is 49.5. The highest BCUT2D eigenvalue weighted by molar-refractivity contribution is 7.30. The molecule has 3 heteroatoms. The second kappa shape index (κ2) is 17.5. The van der Waals surface area contributed by atoms with Gasteiger partial charge in [-0.15, -0.1) is 11.3 Å². The Morgan fingerprint density at radius 1 is 0.187 bits per heavy atom. The Balaban J connectivity index is 1.02. The van der Waals surface area contributed by atoms with Crippen molar-refractivity contribution >= 4 is 154 Å². The van der Waals surface area contributed by atoms with E-state index in [0.29, 0.717) is 0 Å².